The first kappa shape index (κ1) is 12.0. The third-order valence-electron chi connectivity index (χ3n) is 4.38. The molecule has 1 unspecified atom stereocenters. The molecule has 0 spiro atoms. The maximum atomic E-state index is 5.37. The zero-order valence-electron chi connectivity index (χ0n) is 11.4. The number of piperazine rings is 1. The van der Waals surface area contributed by atoms with Crippen molar-refractivity contribution in [2.45, 2.75) is 18.9 Å². The van der Waals surface area contributed by atoms with Gasteiger partial charge in [-0.05, 0) is 43.1 Å². The first-order valence-corrected chi connectivity index (χ1v) is 6.87. The largest absolute Gasteiger partial charge is 0.497 e. The van der Waals surface area contributed by atoms with Gasteiger partial charge in [-0.25, -0.2) is 0 Å². The molecule has 0 radical (unpaired) electrons. The summed E-state index contributed by atoms with van der Waals surface area (Å²) < 4.78 is 5.37. The van der Waals surface area contributed by atoms with E-state index in [1.54, 1.807) is 7.11 Å². The quantitative estimate of drug-likeness (QED) is 0.793. The van der Waals surface area contributed by atoms with E-state index in [1.807, 2.05) is 0 Å². The van der Waals surface area contributed by atoms with Crippen molar-refractivity contribution in [3.8, 4) is 5.75 Å². The van der Waals surface area contributed by atoms with Gasteiger partial charge in [0.1, 0.15) is 5.75 Å². The second-order valence-electron chi connectivity index (χ2n) is 5.46. The molecule has 1 saturated heterocycles. The summed E-state index contributed by atoms with van der Waals surface area (Å²) in [6.07, 6.45) is 2.49. The summed E-state index contributed by atoms with van der Waals surface area (Å²) in [4.78, 5) is 5.06. The molecule has 1 fully saturated rings. The van der Waals surface area contributed by atoms with Gasteiger partial charge in [-0.2, -0.15) is 0 Å². The van der Waals surface area contributed by atoms with E-state index in [-0.39, 0.29) is 0 Å². The number of rotatable bonds is 2. The highest BCUT2D eigenvalue weighted by molar-refractivity contribution is 5.40. The minimum Gasteiger partial charge on any atom is -0.497 e. The maximum Gasteiger partial charge on any atom is 0.119 e. The third kappa shape index (κ3) is 2.13. The monoisotopic (exact) mass is 246 g/mol. The topological polar surface area (TPSA) is 15.7 Å². The number of ether oxygens (including phenoxy) is 1. The average molecular weight is 246 g/mol. The van der Waals surface area contributed by atoms with Gasteiger partial charge in [0.2, 0.25) is 0 Å². The summed E-state index contributed by atoms with van der Waals surface area (Å²) in [5.41, 5.74) is 3.01. The number of hydrogen-bond donors (Lipinski definition) is 0. The molecule has 3 heteroatoms. The Hall–Kier alpha value is -1.06. The van der Waals surface area contributed by atoms with Crippen molar-refractivity contribution in [2.24, 2.45) is 0 Å². The number of fused-ring (bicyclic) bond motifs is 1. The first-order chi connectivity index (χ1) is 8.78. The highest BCUT2D eigenvalue weighted by Crippen LogP contribution is 2.37. The molecular formula is C15H22N2O. The minimum absolute atomic E-state index is 0.615. The molecule has 1 heterocycles. The third-order valence-corrected chi connectivity index (χ3v) is 4.38. The molecule has 1 aromatic rings. The lowest BCUT2D eigenvalue weighted by atomic mass is 10.1. The second-order valence-corrected chi connectivity index (χ2v) is 5.46. The SMILES string of the molecule is COc1ccc2c(c1)C(N1CCN(C)CC1)CC2. The zero-order valence-corrected chi connectivity index (χ0v) is 11.4. The molecule has 3 nitrogen and oxygen atoms in total. The Balaban J connectivity index is 1.81. The van der Waals surface area contributed by atoms with E-state index >= 15 is 0 Å². The number of likely N-dealkylation sites (N-methyl/N-ethyl adjacent to an activating group) is 1. The predicted octanol–water partition coefficient (Wildman–Crippen LogP) is 1.93. The van der Waals surface area contributed by atoms with Crippen LogP contribution in [0.25, 0.3) is 0 Å². The van der Waals surface area contributed by atoms with Gasteiger partial charge < -0.3 is 9.64 Å². The number of methoxy groups -OCH3 is 1. The van der Waals surface area contributed by atoms with Gasteiger partial charge in [-0.1, -0.05) is 6.07 Å². The van der Waals surface area contributed by atoms with E-state index in [9.17, 15) is 0 Å². The van der Waals surface area contributed by atoms with Crippen molar-refractivity contribution in [2.75, 3.05) is 40.3 Å². The highest BCUT2D eigenvalue weighted by atomic mass is 16.5. The fourth-order valence-electron chi connectivity index (χ4n) is 3.20. The van der Waals surface area contributed by atoms with E-state index in [0.29, 0.717) is 6.04 Å². The summed E-state index contributed by atoms with van der Waals surface area (Å²) >= 11 is 0. The van der Waals surface area contributed by atoms with Crippen LogP contribution >= 0.6 is 0 Å². The van der Waals surface area contributed by atoms with E-state index in [4.69, 9.17) is 4.74 Å². The fourth-order valence-corrected chi connectivity index (χ4v) is 3.20. The lowest BCUT2D eigenvalue weighted by Gasteiger charge is -2.36. The van der Waals surface area contributed by atoms with Gasteiger partial charge in [0.25, 0.3) is 0 Å². The van der Waals surface area contributed by atoms with E-state index < -0.39 is 0 Å². The standard InChI is InChI=1S/C15H22N2O/c1-16-7-9-17(10-8-16)15-6-4-12-3-5-13(18-2)11-14(12)15/h3,5,11,15H,4,6-10H2,1-2H3. The Kier molecular flexibility index (Phi) is 3.27. The molecule has 0 aromatic heterocycles. The summed E-state index contributed by atoms with van der Waals surface area (Å²) in [5, 5.41) is 0. The Morgan fingerprint density at radius 1 is 1.17 bits per heavy atom. The fraction of sp³-hybridized carbons (Fsp3) is 0.600. The lowest BCUT2D eigenvalue weighted by Crippen LogP contribution is -2.45. The Bertz CT molecular complexity index is 425. The first-order valence-electron chi connectivity index (χ1n) is 6.87. The maximum absolute atomic E-state index is 5.37. The van der Waals surface area contributed by atoms with Crippen molar-refractivity contribution in [3.63, 3.8) is 0 Å². The molecule has 1 aromatic carbocycles. The minimum atomic E-state index is 0.615. The molecule has 18 heavy (non-hydrogen) atoms. The second kappa shape index (κ2) is 4.90. The molecule has 1 atom stereocenters. The molecule has 2 aliphatic rings. The van der Waals surface area contributed by atoms with Crippen LogP contribution in [0.1, 0.15) is 23.6 Å². The average Bonchev–Trinajstić information content (AvgIpc) is 2.82. The molecule has 0 amide bonds. The van der Waals surface area contributed by atoms with Crippen LogP contribution in [-0.2, 0) is 6.42 Å². The van der Waals surface area contributed by atoms with Crippen molar-refractivity contribution < 1.29 is 4.74 Å². The van der Waals surface area contributed by atoms with Crippen LogP contribution in [0.2, 0.25) is 0 Å². The van der Waals surface area contributed by atoms with Crippen LogP contribution in [0.5, 0.6) is 5.75 Å². The van der Waals surface area contributed by atoms with Crippen LogP contribution in [-0.4, -0.2) is 50.1 Å². The van der Waals surface area contributed by atoms with Crippen LogP contribution in [0.4, 0.5) is 0 Å². The molecule has 0 saturated carbocycles. The van der Waals surface area contributed by atoms with Crippen molar-refractivity contribution in [3.05, 3.63) is 29.3 Å². The molecule has 0 N–H and O–H groups in total. The van der Waals surface area contributed by atoms with E-state index in [2.05, 4.69) is 35.0 Å². The van der Waals surface area contributed by atoms with Gasteiger partial charge in [0, 0.05) is 32.2 Å². The van der Waals surface area contributed by atoms with Crippen LogP contribution < -0.4 is 4.74 Å². The van der Waals surface area contributed by atoms with Gasteiger partial charge in [0.05, 0.1) is 7.11 Å². The van der Waals surface area contributed by atoms with Crippen LogP contribution in [0.3, 0.4) is 0 Å². The lowest BCUT2D eigenvalue weighted by molar-refractivity contribution is 0.111. The van der Waals surface area contributed by atoms with Crippen molar-refractivity contribution in [1.29, 1.82) is 0 Å². The van der Waals surface area contributed by atoms with E-state index in [0.717, 1.165) is 5.75 Å². The summed E-state index contributed by atoms with van der Waals surface area (Å²) in [6.45, 7) is 4.77. The molecule has 1 aliphatic carbocycles. The summed E-state index contributed by atoms with van der Waals surface area (Å²) in [6, 6.07) is 7.18. The number of nitrogens with zero attached hydrogens (tertiary/aromatic N) is 2. The highest BCUT2D eigenvalue weighted by Gasteiger charge is 2.29. The number of aryl methyl sites for hydroxylation is 1. The predicted molar refractivity (Wildman–Crippen MR) is 73.1 cm³/mol. The normalized spacial score (nSPS) is 25.1. The molecule has 0 bridgehead atoms. The van der Waals surface area contributed by atoms with Crippen LogP contribution in [0, 0.1) is 0 Å². The van der Waals surface area contributed by atoms with Gasteiger partial charge in [-0.3, -0.25) is 4.90 Å². The number of hydrogen-bond acceptors (Lipinski definition) is 3. The van der Waals surface area contributed by atoms with Gasteiger partial charge in [-0.15, -0.1) is 0 Å². The number of benzene rings is 1. The van der Waals surface area contributed by atoms with E-state index in [1.165, 1.54) is 50.1 Å². The Morgan fingerprint density at radius 2 is 1.94 bits per heavy atom. The van der Waals surface area contributed by atoms with Crippen molar-refractivity contribution in [1.82, 2.24) is 9.80 Å². The molecular weight excluding hydrogens is 224 g/mol. The molecule has 98 valence electrons. The van der Waals surface area contributed by atoms with Gasteiger partial charge >= 0.3 is 0 Å². The van der Waals surface area contributed by atoms with Crippen LogP contribution in [0.15, 0.2) is 18.2 Å². The smallest absolute Gasteiger partial charge is 0.119 e. The molecule has 3 rings (SSSR count). The van der Waals surface area contributed by atoms with Crippen molar-refractivity contribution >= 4 is 0 Å². The summed E-state index contributed by atoms with van der Waals surface area (Å²) in [5.74, 6) is 0.995. The van der Waals surface area contributed by atoms with Gasteiger partial charge in [0.15, 0.2) is 0 Å². The molecule has 1 aliphatic heterocycles. The Labute approximate surface area is 109 Å². The zero-order chi connectivity index (χ0) is 12.5. The summed E-state index contributed by atoms with van der Waals surface area (Å²) in [7, 11) is 3.96. The Morgan fingerprint density at radius 3 is 2.67 bits per heavy atom.